The first-order chi connectivity index (χ1) is 19.6. The first-order valence-corrected chi connectivity index (χ1v) is 15.6. The van der Waals surface area contributed by atoms with Crippen LogP contribution in [0.1, 0.15) is 84.0 Å². The van der Waals surface area contributed by atoms with Gasteiger partial charge < -0.3 is 19.6 Å². The highest BCUT2D eigenvalue weighted by molar-refractivity contribution is 6.31. The van der Waals surface area contributed by atoms with Gasteiger partial charge in [0.05, 0.1) is 18.7 Å². The average Bonchev–Trinajstić information content (AvgIpc) is 3.30. The van der Waals surface area contributed by atoms with Crippen molar-refractivity contribution in [2.45, 2.75) is 70.3 Å². The molecule has 40 heavy (non-hydrogen) atoms. The van der Waals surface area contributed by atoms with Crippen LogP contribution in [0.5, 0.6) is 5.75 Å². The van der Waals surface area contributed by atoms with Gasteiger partial charge in [-0.1, -0.05) is 11.6 Å². The number of aryl methyl sites for hydroxylation is 1. The Bertz CT molecular complexity index is 1550. The average molecular weight is 556 g/mol. The van der Waals surface area contributed by atoms with E-state index in [9.17, 15) is 9.90 Å². The number of ether oxygens (including phenoxy) is 1. The van der Waals surface area contributed by atoms with Gasteiger partial charge in [-0.3, -0.25) is 0 Å². The topological polar surface area (TPSA) is 54.2 Å². The summed E-state index contributed by atoms with van der Waals surface area (Å²) in [4.78, 5) is 16.9. The number of carboxylic acid groups (broad SMARTS) is 1. The fourth-order valence-electron chi connectivity index (χ4n) is 8.49. The molecular weight excluding hydrogens is 520 g/mol. The van der Waals surface area contributed by atoms with E-state index in [1.165, 1.54) is 73.2 Å². The van der Waals surface area contributed by atoms with Crippen LogP contribution in [0, 0.1) is 0 Å². The van der Waals surface area contributed by atoms with Crippen molar-refractivity contribution >= 4 is 28.8 Å². The zero-order chi connectivity index (χ0) is 27.0. The van der Waals surface area contributed by atoms with E-state index >= 15 is 0 Å². The number of nitrogens with zero attached hydrogens (tertiary/aromatic N) is 1. The third-order valence-corrected chi connectivity index (χ3v) is 10.3. The fraction of sp³-hybridized carbons (Fsp3) is 0.441. The lowest BCUT2D eigenvalue weighted by atomic mass is 9.76. The SMILES string of the molecule is O=C(O)c1ccc(Cl)cc1C1=C2C=C3CCCC[NH+]4CCCC(=C2Oc2c1cc1c5c2CCCN5CCCC1)C34. The number of fused-ring (bicyclic) bond motifs is 3. The van der Waals surface area contributed by atoms with Gasteiger partial charge in [0.2, 0.25) is 0 Å². The molecule has 2 unspecified atom stereocenters. The van der Waals surface area contributed by atoms with E-state index in [-0.39, 0.29) is 0 Å². The van der Waals surface area contributed by atoms with E-state index in [4.69, 9.17) is 16.3 Å². The number of quaternary nitrogens is 1. The lowest BCUT2D eigenvalue weighted by molar-refractivity contribution is -0.917. The zero-order valence-corrected chi connectivity index (χ0v) is 23.7. The van der Waals surface area contributed by atoms with E-state index in [0.717, 1.165) is 73.4 Å². The third-order valence-electron chi connectivity index (χ3n) is 10.1. The molecule has 2 aromatic carbocycles. The highest BCUT2D eigenvalue weighted by Gasteiger charge is 2.44. The molecule has 0 aromatic heterocycles. The van der Waals surface area contributed by atoms with E-state index in [1.54, 1.807) is 17.0 Å². The molecule has 0 bridgehead atoms. The molecule has 0 saturated carbocycles. The maximum Gasteiger partial charge on any atom is 0.336 e. The van der Waals surface area contributed by atoms with E-state index < -0.39 is 5.97 Å². The van der Waals surface area contributed by atoms with Gasteiger partial charge in [0.15, 0.2) is 0 Å². The molecule has 2 fully saturated rings. The molecule has 0 spiro atoms. The van der Waals surface area contributed by atoms with E-state index in [2.05, 4.69) is 17.0 Å². The molecule has 5 nitrogen and oxygen atoms in total. The minimum Gasteiger partial charge on any atom is -0.478 e. The smallest absolute Gasteiger partial charge is 0.336 e. The molecule has 2 saturated heterocycles. The lowest BCUT2D eigenvalue weighted by Crippen LogP contribution is -3.16. The summed E-state index contributed by atoms with van der Waals surface area (Å²) >= 11 is 6.60. The van der Waals surface area contributed by atoms with Crippen LogP contribution in [-0.2, 0) is 12.8 Å². The Labute approximate surface area is 240 Å². The number of piperidine rings is 1. The molecule has 0 amide bonds. The number of nitrogens with one attached hydrogen (secondary N) is 1. The molecule has 0 radical (unpaired) electrons. The Balaban J connectivity index is 1.47. The van der Waals surface area contributed by atoms with Crippen LogP contribution in [0.2, 0.25) is 5.02 Å². The Morgan fingerprint density at radius 3 is 2.70 bits per heavy atom. The van der Waals surface area contributed by atoms with Crippen molar-refractivity contribution in [3.63, 3.8) is 0 Å². The number of allylic oxidation sites excluding steroid dienone is 1. The normalized spacial score (nSPS) is 25.0. The largest absolute Gasteiger partial charge is 0.478 e. The number of carboxylic acids is 1. The number of rotatable bonds is 2. The summed E-state index contributed by atoms with van der Waals surface area (Å²) in [6, 6.07) is 7.96. The molecule has 6 aliphatic rings. The summed E-state index contributed by atoms with van der Waals surface area (Å²) in [6.45, 7) is 4.63. The Morgan fingerprint density at radius 1 is 0.950 bits per heavy atom. The fourth-order valence-corrected chi connectivity index (χ4v) is 8.66. The van der Waals surface area contributed by atoms with E-state index in [0.29, 0.717) is 22.2 Å². The number of halogens is 1. The lowest BCUT2D eigenvalue weighted by Gasteiger charge is -2.41. The molecule has 1 aliphatic carbocycles. The van der Waals surface area contributed by atoms with Crippen molar-refractivity contribution in [3.8, 4) is 5.75 Å². The maximum atomic E-state index is 12.6. The molecular formula is C34H36ClN2O3+. The quantitative estimate of drug-likeness (QED) is 0.496. The number of hydrogen-bond acceptors (Lipinski definition) is 3. The van der Waals surface area contributed by atoms with Crippen LogP contribution in [-0.4, -0.2) is 43.3 Å². The van der Waals surface area contributed by atoms with Gasteiger partial charge in [-0.15, -0.1) is 0 Å². The van der Waals surface area contributed by atoms with Crippen LogP contribution in [0.15, 0.2) is 52.8 Å². The second-order valence-electron chi connectivity index (χ2n) is 12.4. The van der Waals surface area contributed by atoms with Gasteiger partial charge in [-0.05, 0) is 105 Å². The summed E-state index contributed by atoms with van der Waals surface area (Å²) < 4.78 is 7.16. The van der Waals surface area contributed by atoms with Crippen LogP contribution in [0.25, 0.3) is 5.57 Å². The molecule has 5 aliphatic heterocycles. The highest BCUT2D eigenvalue weighted by Crippen LogP contribution is 2.53. The van der Waals surface area contributed by atoms with Crippen molar-refractivity contribution in [2.24, 2.45) is 0 Å². The summed E-state index contributed by atoms with van der Waals surface area (Å²) in [5.74, 6) is 1.03. The van der Waals surface area contributed by atoms with Crippen molar-refractivity contribution in [2.75, 3.05) is 31.1 Å². The molecule has 206 valence electrons. The first kappa shape index (κ1) is 24.8. The molecule has 2 atom stereocenters. The second-order valence-corrected chi connectivity index (χ2v) is 12.8. The maximum absolute atomic E-state index is 12.6. The summed E-state index contributed by atoms with van der Waals surface area (Å²) in [5, 5.41) is 10.9. The number of hydrogen-bond donors (Lipinski definition) is 2. The Morgan fingerprint density at radius 2 is 1.80 bits per heavy atom. The molecule has 6 heteroatoms. The van der Waals surface area contributed by atoms with Gasteiger partial charge in [-0.2, -0.15) is 0 Å². The van der Waals surface area contributed by atoms with Crippen LogP contribution in [0.4, 0.5) is 5.69 Å². The van der Waals surface area contributed by atoms with Crippen molar-refractivity contribution in [3.05, 3.63) is 85.7 Å². The highest BCUT2D eigenvalue weighted by atomic mass is 35.5. The standard InChI is InChI=1S/C34H35ClN2O3/c35-22-11-12-23(34(38)39)26(19-22)29-27-17-20-7-1-3-13-36-15-5-9-24(30(20)36)32(27)40-33-25-10-6-16-37-14-4-2-8-21(31(25)37)18-28(29)33/h11-12,17-19,30H,1-10,13-16H2,(H,38,39)/p+1. The van der Waals surface area contributed by atoms with E-state index in [1.807, 2.05) is 6.07 Å². The second kappa shape index (κ2) is 9.53. The molecule has 2 N–H and O–H groups in total. The van der Waals surface area contributed by atoms with Gasteiger partial charge >= 0.3 is 5.97 Å². The van der Waals surface area contributed by atoms with Gasteiger partial charge in [0.1, 0.15) is 17.6 Å². The Hall–Kier alpha value is -3.02. The summed E-state index contributed by atoms with van der Waals surface area (Å²) in [5.41, 5.74) is 11.1. The predicted octanol–water partition coefficient (Wildman–Crippen LogP) is 5.75. The van der Waals surface area contributed by atoms with Crippen LogP contribution < -0.4 is 14.5 Å². The van der Waals surface area contributed by atoms with Gasteiger partial charge in [0, 0.05) is 58.1 Å². The van der Waals surface area contributed by atoms with Gasteiger partial charge in [-0.25, -0.2) is 4.79 Å². The van der Waals surface area contributed by atoms with Crippen LogP contribution in [0.3, 0.4) is 0 Å². The zero-order valence-electron chi connectivity index (χ0n) is 23.0. The number of benzene rings is 2. The first-order valence-electron chi connectivity index (χ1n) is 15.3. The Kier molecular flexibility index (Phi) is 5.89. The minimum atomic E-state index is -0.923. The number of carbonyl (C=O) groups is 1. The summed E-state index contributed by atoms with van der Waals surface area (Å²) in [6.07, 6.45) is 13.7. The molecule has 8 rings (SSSR count). The minimum absolute atomic E-state index is 0.298. The molecule has 2 aromatic rings. The van der Waals surface area contributed by atoms with Crippen LogP contribution >= 0.6 is 11.6 Å². The molecule has 5 heterocycles. The third kappa shape index (κ3) is 3.74. The predicted molar refractivity (Wildman–Crippen MR) is 158 cm³/mol. The summed E-state index contributed by atoms with van der Waals surface area (Å²) in [7, 11) is 0. The number of anilines is 1. The number of aromatic carboxylic acids is 1. The van der Waals surface area contributed by atoms with Gasteiger partial charge in [0.25, 0.3) is 0 Å². The monoisotopic (exact) mass is 555 g/mol. The van der Waals surface area contributed by atoms with Crippen molar-refractivity contribution < 1.29 is 19.5 Å². The van der Waals surface area contributed by atoms with Crippen molar-refractivity contribution in [1.82, 2.24) is 0 Å². The van der Waals surface area contributed by atoms with Crippen molar-refractivity contribution in [1.29, 1.82) is 0 Å².